The van der Waals surface area contributed by atoms with Crippen molar-refractivity contribution in [1.29, 1.82) is 0 Å². The minimum absolute atomic E-state index is 0.0871. The molecule has 2 aromatic carbocycles. The molecule has 1 N–H and O–H groups in total. The Bertz CT molecular complexity index is 1370. The van der Waals surface area contributed by atoms with Crippen LogP contribution in [0.3, 0.4) is 0 Å². The van der Waals surface area contributed by atoms with Crippen molar-refractivity contribution in [2.45, 2.75) is 27.7 Å². The monoisotopic (exact) mass is 617 g/mol. The zero-order chi connectivity index (χ0) is 24.0. The third-order valence-corrected chi connectivity index (χ3v) is 7.37. The van der Waals surface area contributed by atoms with Gasteiger partial charge in [0.1, 0.15) is 5.57 Å². The molecule has 33 heavy (non-hydrogen) atoms. The lowest BCUT2D eigenvalue weighted by molar-refractivity contribution is -0.122. The summed E-state index contributed by atoms with van der Waals surface area (Å²) in [4.78, 5) is 39.5. The molecular formula is C25H21BrIN3O3. The van der Waals surface area contributed by atoms with Gasteiger partial charge >= 0.3 is 6.03 Å². The van der Waals surface area contributed by atoms with Crippen molar-refractivity contribution >= 4 is 68.1 Å². The van der Waals surface area contributed by atoms with Gasteiger partial charge in [-0.3, -0.25) is 14.9 Å². The van der Waals surface area contributed by atoms with Gasteiger partial charge in [0.15, 0.2) is 0 Å². The number of barbiturate groups is 1. The summed E-state index contributed by atoms with van der Waals surface area (Å²) in [5, 5.41) is 2.30. The second-order valence-electron chi connectivity index (χ2n) is 7.98. The third kappa shape index (κ3) is 4.29. The van der Waals surface area contributed by atoms with Gasteiger partial charge in [-0.05, 0) is 116 Å². The Morgan fingerprint density at radius 3 is 2.33 bits per heavy atom. The van der Waals surface area contributed by atoms with Crippen molar-refractivity contribution < 1.29 is 14.4 Å². The topological polar surface area (TPSA) is 71.4 Å². The molecule has 0 spiro atoms. The number of hydrogen-bond acceptors (Lipinski definition) is 3. The quantitative estimate of drug-likeness (QED) is 0.231. The molecular weight excluding hydrogens is 597 g/mol. The van der Waals surface area contributed by atoms with E-state index in [1.54, 1.807) is 25.1 Å². The number of urea groups is 1. The zero-order valence-electron chi connectivity index (χ0n) is 18.5. The van der Waals surface area contributed by atoms with E-state index < -0.39 is 17.8 Å². The highest BCUT2D eigenvalue weighted by atomic mass is 127. The SMILES string of the molecule is Cc1cc(-n2c(C)cc(/C=C3\C(=O)NC(=O)N(c4ccc(Br)cc4C)C3=O)c2C)ccc1I. The van der Waals surface area contributed by atoms with Gasteiger partial charge in [0.2, 0.25) is 0 Å². The highest BCUT2D eigenvalue weighted by Gasteiger charge is 2.37. The molecule has 1 fully saturated rings. The largest absolute Gasteiger partial charge is 0.335 e. The second kappa shape index (κ2) is 8.90. The first kappa shape index (κ1) is 23.4. The van der Waals surface area contributed by atoms with E-state index in [1.165, 1.54) is 9.13 Å². The van der Waals surface area contributed by atoms with E-state index in [4.69, 9.17) is 0 Å². The van der Waals surface area contributed by atoms with Crippen LogP contribution in [0.25, 0.3) is 11.8 Å². The average molecular weight is 618 g/mol. The maximum atomic E-state index is 13.3. The van der Waals surface area contributed by atoms with Crippen LogP contribution in [0.5, 0.6) is 0 Å². The highest BCUT2D eigenvalue weighted by Crippen LogP contribution is 2.29. The van der Waals surface area contributed by atoms with E-state index in [0.717, 1.165) is 37.6 Å². The molecule has 0 radical (unpaired) electrons. The van der Waals surface area contributed by atoms with Crippen LogP contribution in [-0.4, -0.2) is 22.4 Å². The summed E-state index contributed by atoms with van der Waals surface area (Å²) in [6.45, 7) is 7.78. The first-order chi connectivity index (χ1) is 15.6. The fourth-order valence-corrected chi connectivity index (χ4v) is 4.81. The number of rotatable bonds is 3. The van der Waals surface area contributed by atoms with Crippen LogP contribution < -0.4 is 10.2 Å². The van der Waals surface area contributed by atoms with Gasteiger partial charge in [0.25, 0.3) is 11.8 Å². The van der Waals surface area contributed by atoms with Crippen molar-refractivity contribution in [3.8, 4) is 5.69 Å². The summed E-state index contributed by atoms with van der Waals surface area (Å²) in [5.41, 5.74) is 5.85. The van der Waals surface area contributed by atoms with Gasteiger partial charge in [0.05, 0.1) is 5.69 Å². The minimum Gasteiger partial charge on any atom is -0.318 e. The van der Waals surface area contributed by atoms with Gasteiger partial charge in [-0.2, -0.15) is 0 Å². The molecule has 1 saturated heterocycles. The Hall–Kier alpha value is -2.72. The number of aryl methyl sites for hydroxylation is 3. The van der Waals surface area contributed by atoms with E-state index in [1.807, 2.05) is 32.0 Å². The number of halogens is 2. The van der Waals surface area contributed by atoms with Crippen LogP contribution in [-0.2, 0) is 9.59 Å². The Kier molecular flexibility index (Phi) is 6.32. The first-order valence-corrected chi connectivity index (χ1v) is 12.1. The number of nitrogens with zero attached hydrogens (tertiary/aromatic N) is 2. The van der Waals surface area contributed by atoms with Crippen LogP contribution in [0.2, 0.25) is 0 Å². The lowest BCUT2D eigenvalue weighted by atomic mass is 10.1. The number of aromatic nitrogens is 1. The smallest absolute Gasteiger partial charge is 0.318 e. The number of imide groups is 2. The molecule has 0 unspecified atom stereocenters. The van der Waals surface area contributed by atoms with Crippen LogP contribution in [0.4, 0.5) is 10.5 Å². The van der Waals surface area contributed by atoms with Gasteiger partial charge in [-0.15, -0.1) is 0 Å². The molecule has 8 heteroatoms. The number of carbonyl (C=O) groups excluding carboxylic acids is 3. The minimum atomic E-state index is -0.757. The lowest BCUT2D eigenvalue weighted by Gasteiger charge is -2.27. The average Bonchev–Trinajstić information content (AvgIpc) is 3.02. The summed E-state index contributed by atoms with van der Waals surface area (Å²) in [7, 11) is 0. The summed E-state index contributed by atoms with van der Waals surface area (Å²) in [6, 6.07) is 12.6. The molecule has 0 atom stereocenters. The Labute approximate surface area is 213 Å². The molecule has 0 aliphatic carbocycles. The molecule has 6 nitrogen and oxygen atoms in total. The van der Waals surface area contributed by atoms with Crippen molar-refractivity contribution in [3.63, 3.8) is 0 Å². The van der Waals surface area contributed by atoms with Gasteiger partial charge < -0.3 is 4.57 Å². The van der Waals surface area contributed by atoms with Gasteiger partial charge in [-0.1, -0.05) is 15.9 Å². The standard InChI is InChI=1S/C25H21BrIN3O3/c1-13-10-19(6-7-21(13)27)29-15(3)11-17(16(29)4)12-20-23(31)28-25(33)30(24(20)32)22-8-5-18(26)9-14(22)2/h5-12H,1-4H3,(H,28,31,33)/b20-12+. The molecule has 0 bridgehead atoms. The normalized spacial score (nSPS) is 15.4. The highest BCUT2D eigenvalue weighted by molar-refractivity contribution is 14.1. The molecule has 4 rings (SSSR count). The molecule has 168 valence electrons. The molecule has 2 heterocycles. The van der Waals surface area contributed by atoms with Crippen molar-refractivity contribution in [2.24, 2.45) is 0 Å². The number of nitrogens with one attached hydrogen (secondary N) is 1. The number of hydrogen-bond donors (Lipinski definition) is 1. The summed E-state index contributed by atoms with van der Waals surface area (Å²) < 4.78 is 4.10. The summed E-state index contributed by atoms with van der Waals surface area (Å²) >= 11 is 5.69. The van der Waals surface area contributed by atoms with Gasteiger partial charge in [0, 0.05) is 25.1 Å². The predicted molar refractivity (Wildman–Crippen MR) is 141 cm³/mol. The van der Waals surface area contributed by atoms with Crippen LogP contribution in [0, 0.1) is 31.3 Å². The number of benzene rings is 2. The van der Waals surface area contributed by atoms with E-state index in [2.05, 4.69) is 67.5 Å². The molecule has 1 aromatic heterocycles. The van der Waals surface area contributed by atoms with E-state index >= 15 is 0 Å². The van der Waals surface area contributed by atoms with Gasteiger partial charge in [-0.25, -0.2) is 9.69 Å². The molecule has 3 aromatic rings. The van der Waals surface area contributed by atoms with Crippen LogP contribution in [0.15, 0.2) is 52.5 Å². The zero-order valence-corrected chi connectivity index (χ0v) is 22.2. The molecule has 0 saturated carbocycles. The van der Waals surface area contributed by atoms with Crippen LogP contribution >= 0.6 is 38.5 Å². The second-order valence-corrected chi connectivity index (χ2v) is 10.1. The van der Waals surface area contributed by atoms with E-state index in [9.17, 15) is 14.4 Å². The predicted octanol–water partition coefficient (Wildman–Crippen LogP) is 5.74. The maximum Gasteiger partial charge on any atom is 0.335 e. The molecule has 1 aliphatic rings. The third-order valence-electron chi connectivity index (χ3n) is 5.67. The van der Waals surface area contributed by atoms with E-state index in [0.29, 0.717) is 5.69 Å². The number of amides is 4. The van der Waals surface area contributed by atoms with E-state index in [-0.39, 0.29) is 5.57 Å². The molecule has 1 aliphatic heterocycles. The number of carbonyl (C=O) groups is 3. The Morgan fingerprint density at radius 2 is 1.67 bits per heavy atom. The maximum absolute atomic E-state index is 13.3. The lowest BCUT2D eigenvalue weighted by Crippen LogP contribution is -2.54. The Morgan fingerprint density at radius 1 is 0.939 bits per heavy atom. The van der Waals surface area contributed by atoms with Crippen molar-refractivity contribution in [2.75, 3.05) is 4.90 Å². The summed E-state index contributed by atoms with van der Waals surface area (Å²) in [5.74, 6) is -1.35. The fraction of sp³-hybridized carbons (Fsp3) is 0.160. The summed E-state index contributed by atoms with van der Waals surface area (Å²) in [6.07, 6.45) is 1.56. The van der Waals surface area contributed by atoms with Crippen molar-refractivity contribution in [1.82, 2.24) is 9.88 Å². The molecule has 4 amide bonds. The Balaban J connectivity index is 1.78. The first-order valence-electron chi connectivity index (χ1n) is 10.2. The van der Waals surface area contributed by atoms with Crippen molar-refractivity contribution in [3.05, 3.63) is 84.2 Å². The fourth-order valence-electron chi connectivity index (χ4n) is 4.00. The van der Waals surface area contributed by atoms with Crippen LogP contribution in [0.1, 0.15) is 28.1 Å². The number of anilines is 1.